The normalized spacial score (nSPS) is 20.3. The van der Waals surface area contributed by atoms with Crippen LogP contribution >= 0.6 is 0 Å². The smallest absolute Gasteiger partial charge is 0.246 e. The topological polar surface area (TPSA) is 103 Å². The molecule has 3 amide bonds. The number of nitrogens with one attached hydrogen (secondary N) is 3. The maximum absolute atomic E-state index is 14.5. The van der Waals surface area contributed by atoms with Crippen LogP contribution in [0.3, 0.4) is 0 Å². The molecule has 9 heteroatoms. The SMILES string of the molecule is O=C1NC(Cc2ccc3ccccc3c2)C(=O)N(Cc2ccc(Oc3ccccc3)cc2)C1CN(CC1CCNCC1)C(=O)CC1CCNCC1. The van der Waals surface area contributed by atoms with E-state index < -0.39 is 12.1 Å². The monoisotopic (exact) mass is 687 g/mol. The number of benzene rings is 4. The van der Waals surface area contributed by atoms with Crippen LogP contribution in [0.15, 0.2) is 97.1 Å². The molecule has 0 saturated carbocycles. The summed E-state index contributed by atoms with van der Waals surface area (Å²) in [4.78, 5) is 46.3. The predicted octanol–water partition coefficient (Wildman–Crippen LogP) is 5.29. The fourth-order valence-electron chi connectivity index (χ4n) is 7.74. The van der Waals surface area contributed by atoms with Gasteiger partial charge in [-0.2, -0.15) is 0 Å². The van der Waals surface area contributed by atoms with Crippen molar-refractivity contribution >= 4 is 28.5 Å². The Morgan fingerprint density at radius 2 is 1.33 bits per heavy atom. The van der Waals surface area contributed by atoms with E-state index in [0.717, 1.165) is 79.5 Å². The number of amides is 3. The quantitative estimate of drug-likeness (QED) is 0.187. The molecule has 7 rings (SSSR count). The number of hydrogen-bond donors (Lipinski definition) is 3. The highest BCUT2D eigenvalue weighted by Crippen LogP contribution is 2.26. The van der Waals surface area contributed by atoms with E-state index in [0.29, 0.717) is 37.0 Å². The van der Waals surface area contributed by atoms with Crippen molar-refractivity contribution in [2.24, 2.45) is 11.8 Å². The fourth-order valence-corrected chi connectivity index (χ4v) is 7.74. The summed E-state index contributed by atoms with van der Waals surface area (Å²) in [5.74, 6) is 1.86. The Morgan fingerprint density at radius 3 is 2.06 bits per heavy atom. The van der Waals surface area contributed by atoms with Crippen molar-refractivity contribution in [3.63, 3.8) is 0 Å². The number of rotatable bonds is 12. The Bertz CT molecular complexity index is 1790. The van der Waals surface area contributed by atoms with Crippen molar-refractivity contribution in [1.82, 2.24) is 25.8 Å². The van der Waals surface area contributed by atoms with Gasteiger partial charge in [0.05, 0.1) is 6.54 Å². The first-order valence-corrected chi connectivity index (χ1v) is 18.6. The van der Waals surface area contributed by atoms with Gasteiger partial charge in [-0.25, -0.2) is 0 Å². The van der Waals surface area contributed by atoms with Gasteiger partial charge in [0.15, 0.2) is 0 Å². The van der Waals surface area contributed by atoms with Crippen molar-refractivity contribution in [2.75, 3.05) is 39.3 Å². The molecule has 2 unspecified atom stereocenters. The Kier molecular flexibility index (Phi) is 11.2. The van der Waals surface area contributed by atoms with Gasteiger partial charge in [-0.3, -0.25) is 14.4 Å². The molecule has 3 saturated heterocycles. The van der Waals surface area contributed by atoms with Crippen LogP contribution in [0, 0.1) is 11.8 Å². The minimum Gasteiger partial charge on any atom is -0.457 e. The number of para-hydroxylation sites is 1. The van der Waals surface area contributed by atoms with E-state index in [4.69, 9.17) is 4.74 Å². The summed E-state index contributed by atoms with van der Waals surface area (Å²) in [5, 5.41) is 12.1. The minimum absolute atomic E-state index is 0.0846. The molecule has 3 fully saturated rings. The summed E-state index contributed by atoms with van der Waals surface area (Å²) >= 11 is 0. The average Bonchev–Trinajstić information content (AvgIpc) is 3.16. The average molecular weight is 688 g/mol. The zero-order valence-corrected chi connectivity index (χ0v) is 29.3. The summed E-state index contributed by atoms with van der Waals surface area (Å²) in [5.41, 5.74) is 1.87. The molecule has 0 aromatic heterocycles. The number of fused-ring (bicyclic) bond motifs is 1. The Balaban J connectivity index is 1.14. The van der Waals surface area contributed by atoms with Crippen molar-refractivity contribution < 1.29 is 19.1 Å². The van der Waals surface area contributed by atoms with Gasteiger partial charge in [-0.15, -0.1) is 0 Å². The first-order valence-electron chi connectivity index (χ1n) is 18.6. The molecule has 9 nitrogen and oxygen atoms in total. The third kappa shape index (κ3) is 8.96. The molecule has 0 spiro atoms. The number of hydrogen-bond acceptors (Lipinski definition) is 6. The molecule has 266 valence electrons. The van der Waals surface area contributed by atoms with Gasteiger partial charge in [0, 0.05) is 25.9 Å². The number of piperidine rings is 2. The van der Waals surface area contributed by atoms with E-state index >= 15 is 0 Å². The second-order valence-corrected chi connectivity index (χ2v) is 14.4. The molecular formula is C42H49N5O4. The van der Waals surface area contributed by atoms with Crippen LogP contribution in [0.5, 0.6) is 11.5 Å². The molecule has 3 aliphatic heterocycles. The molecular weight excluding hydrogens is 638 g/mol. The Morgan fingerprint density at radius 1 is 0.706 bits per heavy atom. The Labute approximate surface area is 300 Å². The fraction of sp³-hybridized carbons (Fsp3) is 0.405. The molecule has 4 aromatic rings. The highest BCUT2D eigenvalue weighted by atomic mass is 16.5. The summed E-state index contributed by atoms with van der Waals surface area (Å²) in [6.45, 7) is 4.74. The molecule has 0 aliphatic carbocycles. The van der Waals surface area contributed by atoms with Gasteiger partial charge in [0.2, 0.25) is 17.7 Å². The van der Waals surface area contributed by atoms with Crippen molar-refractivity contribution in [3.05, 3.63) is 108 Å². The van der Waals surface area contributed by atoms with Gasteiger partial charge in [0.1, 0.15) is 23.6 Å². The molecule has 51 heavy (non-hydrogen) atoms. The molecule has 0 radical (unpaired) electrons. The second-order valence-electron chi connectivity index (χ2n) is 14.4. The van der Waals surface area contributed by atoms with Crippen LogP contribution < -0.4 is 20.7 Å². The van der Waals surface area contributed by atoms with E-state index in [9.17, 15) is 14.4 Å². The lowest BCUT2D eigenvalue weighted by atomic mass is 9.92. The lowest BCUT2D eigenvalue weighted by Gasteiger charge is -2.42. The van der Waals surface area contributed by atoms with Crippen LogP contribution in [0.2, 0.25) is 0 Å². The van der Waals surface area contributed by atoms with Gasteiger partial charge < -0.3 is 30.5 Å². The van der Waals surface area contributed by atoms with E-state index in [1.807, 2.05) is 77.7 Å². The van der Waals surface area contributed by atoms with Gasteiger partial charge >= 0.3 is 0 Å². The first kappa shape index (κ1) is 34.7. The summed E-state index contributed by atoms with van der Waals surface area (Å²) in [7, 11) is 0. The molecule has 3 aliphatic rings. The van der Waals surface area contributed by atoms with E-state index in [1.54, 1.807) is 4.90 Å². The van der Waals surface area contributed by atoms with Crippen LogP contribution in [0.25, 0.3) is 10.8 Å². The second kappa shape index (κ2) is 16.5. The van der Waals surface area contributed by atoms with Gasteiger partial charge in [-0.1, -0.05) is 72.8 Å². The number of nitrogens with zero attached hydrogens (tertiary/aromatic N) is 2. The Hall–Kier alpha value is -4.73. The van der Waals surface area contributed by atoms with Crippen molar-refractivity contribution in [2.45, 2.75) is 57.2 Å². The van der Waals surface area contributed by atoms with Crippen molar-refractivity contribution in [1.29, 1.82) is 0 Å². The van der Waals surface area contributed by atoms with Crippen LogP contribution in [-0.4, -0.2) is 78.9 Å². The number of carbonyl (C=O) groups is 3. The lowest BCUT2D eigenvalue weighted by Crippen LogP contribution is -2.66. The molecule has 4 aromatic carbocycles. The number of carbonyl (C=O) groups excluding carboxylic acids is 3. The largest absolute Gasteiger partial charge is 0.457 e. The van der Waals surface area contributed by atoms with Crippen LogP contribution in [0.4, 0.5) is 0 Å². The standard InChI is InChI=1S/C42H49N5O4/c48-40(26-30-16-20-43-21-17-30)46(27-32-18-22-44-23-19-32)29-39-41(49)45-38(25-33-10-13-34-6-4-5-7-35(34)24-33)42(50)47(39)28-31-11-14-37(15-12-31)51-36-8-2-1-3-9-36/h1-15,24,30,32,38-39,43-44H,16-23,25-29H2,(H,45,49). The summed E-state index contributed by atoms with van der Waals surface area (Å²) < 4.78 is 6.01. The maximum Gasteiger partial charge on any atom is 0.246 e. The van der Waals surface area contributed by atoms with Gasteiger partial charge in [0.25, 0.3) is 0 Å². The third-order valence-corrected chi connectivity index (χ3v) is 10.7. The van der Waals surface area contributed by atoms with E-state index in [2.05, 4.69) is 40.2 Å². The zero-order chi connectivity index (χ0) is 35.0. The first-order chi connectivity index (χ1) is 25.0. The molecule has 2 atom stereocenters. The summed E-state index contributed by atoms with van der Waals surface area (Å²) in [6.07, 6.45) is 4.78. The molecule has 3 N–H and O–H groups in total. The summed E-state index contributed by atoms with van der Waals surface area (Å²) in [6, 6.07) is 30.1. The highest BCUT2D eigenvalue weighted by molar-refractivity contribution is 5.97. The number of piperazine rings is 1. The van der Waals surface area contributed by atoms with Gasteiger partial charge in [-0.05, 0) is 110 Å². The molecule has 0 bridgehead atoms. The number of ether oxygens (including phenoxy) is 1. The predicted molar refractivity (Wildman–Crippen MR) is 199 cm³/mol. The van der Waals surface area contributed by atoms with E-state index in [-0.39, 0.29) is 30.8 Å². The lowest BCUT2D eigenvalue weighted by molar-refractivity contribution is -0.152. The zero-order valence-electron chi connectivity index (χ0n) is 29.3. The molecule has 3 heterocycles. The highest BCUT2D eigenvalue weighted by Gasteiger charge is 2.42. The van der Waals surface area contributed by atoms with E-state index in [1.165, 1.54) is 0 Å². The third-order valence-electron chi connectivity index (χ3n) is 10.7. The maximum atomic E-state index is 14.5. The van der Waals surface area contributed by atoms with Crippen LogP contribution in [-0.2, 0) is 27.3 Å². The van der Waals surface area contributed by atoms with Crippen molar-refractivity contribution in [3.8, 4) is 11.5 Å². The minimum atomic E-state index is -0.802. The van der Waals surface area contributed by atoms with Crippen LogP contribution in [0.1, 0.15) is 43.2 Å².